The van der Waals surface area contributed by atoms with Crippen LogP contribution < -0.4 is 5.32 Å². The van der Waals surface area contributed by atoms with Crippen LogP contribution in [0.25, 0.3) is 0 Å². The zero-order valence-electron chi connectivity index (χ0n) is 11.0. The van der Waals surface area contributed by atoms with Gasteiger partial charge in [0.05, 0.1) is 11.4 Å². The molecule has 0 saturated carbocycles. The third-order valence-corrected chi connectivity index (χ3v) is 2.74. The van der Waals surface area contributed by atoms with E-state index in [4.69, 9.17) is 0 Å². The van der Waals surface area contributed by atoms with Crippen molar-refractivity contribution in [3.8, 4) is 0 Å². The summed E-state index contributed by atoms with van der Waals surface area (Å²) in [5, 5.41) is 6.76. The highest BCUT2D eigenvalue weighted by molar-refractivity contribution is 5.90. The van der Waals surface area contributed by atoms with E-state index >= 15 is 0 Å². The molecule has 0 aliphatic heterocycles. The summed E-state index contributed by atoms with van der Waals surface area (Å²) in [6.45, 7) is 4.22. The van der Waals surface area contributed by atoms with Crippen LogP contribution >= 0.6 is 0 Å². The van der Waals surface area contributed by atoms with Crippen LogP contribution in [-0.4, -0.2) is 15.7 Å². The van der Waals surface area contributed by atoms with Crippen LogP contribution in [0.15, 0.2) is 30.5 Å². The Balaban J connectivity index is 1.92. The Morgan fingerprint density at radius 1 is 1.37 bits per heavy atom. The van der Waals surface area contributed by atoms with Crippen LogP contribution in [0.4, 0.5) is 10.1 Å². The van der Waals surface area contributed by atoms with Crippen molar-refractivity contribution in [2.45, 2.75) is 26.8 Å². The first kappa shape index (κ1) is 13.3. The predicted octanol–water partition coefficient (Wildman–Crippen LogP) is 2.67. The lowest BCUT2D eigenvalue weighted by atomic mass is 10.2. The molecule has 0 fully saturated rings. The van der Waals surface area contributed by atoms with Gasteiger partial charge in [-0.1, -0.05) is 6.07 Å². The SMILES string of the molecule is Cc1ccc(F)c(NC(=O)CCn2ccc(C)n2)c1. The number of nitrogens with zero attached hydrogens (tertiary/aromatic N) is 2. The van der Waals surface area contributed by atoms with Crippen molar-refractivity contribution in [1.29, 1.82) is 0 Å². The Morgan fingerprint density at radius 3 is 2.84 bits per heavy atom. The highest BCUT2D eigenvalue weighted by atomic mass is 19.1. The maximum atomic E-state index is 13.5. The average molecular weight is 261 g/mol. The van der Waals surface area contributed by atoms with E-state index in [0.717, 1.165) is 11.3 Å². The molecule has 0 atom stereocenters. The van der Waals surface area contributed by atoms with Gasteiger partial charge in [0.15, 0.2) is 0 Å². The van der Waals surface area contributed by atoms with E-state index in [9.17, 15) is 9.18 Å². The summed E-state index contributed by atoms with van der Waals surface area (Å²) in [4.78, 5) is 11.7. The minimum atomic E-state index is -0.422. The van der Waals surface area contributed by atoms with E-state index in [-0.39, 0.29) is 18.0 Å². The zero-order chi connectivity index (χ0) is 13.8. The quantitative estimate of drug-likeness (QED) is 0.919. The van der Waals surface area contributed by atoms with Crippen LogP contribution in [0.2, 0.25) is 0 Å². The fourth-order valence-electron chi connectivity index (χ4n) is 1.75. The molecule has 0 bridgehead atoms. The lowest BCUT2D eigenvalue weighted by Crippen LogP contribution is -2.15. The Labute approximate surface area is 111 Å². The fraction of sp³-hybridized carbons (Fsp3) is 0.286. The maximum Gasteiger partial charge on any atom is 0.226 e. The smallest absolute Gasteiger partial charge is 0.226 e. The molecule has 0 aliphatic rings. The molecule has 0 spiro atoms. The molecule has 1 aromatic heterocycles. The molecule has 4 nitrogen and oxygen atoms in total. The van der Waals surface area contributed by atoms with Crippen molar-refractivity contribution in [3.63, 3.8) is 0 Å². The Bertz CT molecular complexity index is 592. The number of amides is 1. The van der Waals surface area contributed by atoms with Crippen LogP contribution in [0.5, 0.6) is 0 Å². The van der Waals surface area contributed by atoms with Crippen LogP contribution in [0, 0.1) is 19.7 Å². The molecule has 1 aromatic carbocycles. The largest absolute Gasteiger partial charge is 0.324 e. The molecular formula is C14H16FN3O. The molecule has 0 radical (unpaired) electrons. The summed E-state index contributed by atoms with van der Waals surface area (Å²) >= 11 is 0. The molecule has 0 unspecified atom stereocenters. The van der Waals surface area contributed by atoms with Crippen LogP contribution in [0.1, 0.15) is 17.7 Å². The molecule has 1 N–H and O–H groups in total. The van der Waals surface area contributed by atoms with Gasteiger partial charge in [0.2, 0.25) is 5.91 Å². The molecule has 5 heteroatoms. The predicted molar refractivity (Wildman–Crippen MR) is 71.3 cm³/mol. The maximum absolute atomic E-state index is 13.5. The van der Waals surface area contributed by atoms with Gasteiger partial charge in [-0.25, -0.2) is 4.39 Å². The summed E-state index contributed by atoms with van der Waals surface area (Å²) in [6.07, 6.45) is 2.07. The molecule has 0 saturated heterocycles. The molecule has 2 aromatic rings. The number of halogens is 1. The van der Waals surface area contributed by atoms with Crippen molar-refractivity contribution in [1.82, 2.24) is 9.78 Å². The third kappa shape index (κ3) is 3.64. The third-order valence-electron chi connectivity index (χ3n) is 2.74. The number of aryl methyl sites for hydroxylation is 3. The second-order valence-corrected chi connectivity index (χ2v) is 4.50. The highest BCUT2D eigenvalue weighted by Gasteiger charge is 2.07. The second kappa shape index (κ2) is 5.65. The van der Waals surface area contributed by atoms with Gasteiger partial charge in [-0.2, -0.15) is 5.10 Å². The number of carbonyl (C=O) groups is 1. The number of hydrogen-bond donors (Lipinski definition) is 1. The summed E-state index contributed by atoms with van der Waals surface area (Å²) < 4.78 is 15.2. The molecule has 2 rings (SSSR count). The van der Waals surface area contributed by atoms with Gasteiger partial charge in [-0.05, 0) is 37.6 Å². The van der Waals surface area contributed by atoms with Crippen molar-refractivity contribution in [2.24, 2.45) is 0 Å². The number of aromatic nitrogens is 2. The lowest BCUT2D eigenvalue weighted by Gasteiger charge is -2.07. The molecular weight excluding hydrogens is 245 g/mol. The summed E-state index contributed by atoms with van der Waals surface area (Å²) in [7, 11) is 0. The van der Waals surface area contributed by atoms with Crippen molar-refractivity contribution in [2.75, 3.05) is 5.32 Å². The standard InChI is InChI=1S/C14H16FN3O/c1-10-3-4-12(15)13(9-10)16-14(19)6-8-18-7-5-11(2)17-18/h3-5,7,9H,6,8H2,1-2H3,(H,16,19). The van der Waals surface area contributed by atoms with Crippen molar-refractivity contribution < 1.29 is 9.18 Å². The summed E-state index contributed by atoms with van der Waals surface area (Å²) in [5.74, 6) is -0.647. The number of nitrogens with one attached hydrogen (secondary N) is 1. The first-order valence-electron chi connectivity index (χ1n) is 6.10. The topological polar surface area (TPSA) is 46.9 Å². The van der Waals surface area contributed by atoms with Gasteiger partial charge in [0, 0.05) is 19.2 Å². The molecule has 1 amide bonds. The van der Waals surface area contributed by atoms with Gasteiger partial charge in [0.25, 0.3) is 0 Å². The van der Waals surface area contributed by atoms with Gasteiger partial charge in [0.1, 0.15) is 5.82 Å². The summed E-state index contributed by atoms with van der Waals surface area (Å²) in [5.41, 5.74) is 2.03. The number of anilines is 1. The van der Waals surface area contributed by atoms with Gasteiger partial charge >= 0.3 is 0 Å². The molecule has 1 heterocycles. The molecule has 100 valence electrons. The van der Waals surface area contributed by atoms with Gasteiger partial charge in [-0.15, -0.1) is 0 Å². The van der Waals surface area contributed by atoms with E-state index < -0.39 is 5.82 Å². The van der Waals surface area contributed by atoms with Crippen molar-refractivity contribution in [3.05, 3.63) is 47.5 Å². The second-order valence-electron chi connectivity index (χ2n) is 4.50. The zero-order valence-corrected chi connectivity index (χ0v) is 11.0. The van der Waals surface area contributed by atoms with E-state index in [2.05, 4.69) is 10.4 Å². The fourth-order valence-corrected chi connectivity index (χ4v) is 1.75. The lowest BCUT2D eigenvalue weighted by molar-refractivity contribution is -0.116. The van der Waals surface area contributed by atoms with Crippen molar-refractivity contribution >= 4 is 11.6 Å². The minimum absolute atomic E-state index is 0.224. The van der Waals surface area contributed by atoms with E-state index in [0.29, 0.717) is 6.54 Å². The Kier molecular flexibility index (Phi) is 3.94. The normalized spacial score (nSPS) is 10.5. The minimum Gasteiger partial charge on any atom is -0.324 e. The van der Waals surface area contributed by atoms with Gasteiger partial charge < -0.3 is 5.32 Å². The summed E-state index contributed by atoms with van der Waals surface area (Å²) in [6, 6.07) is 6.50. The first-order valence-corrected chi connectivity index (χ1v) is 6.10. The monoisotopic (exact) mass is 261 g/mol. The van der Waals surface area contributed by atoms with E-state index in [1.807, 2.05) is 26.1 Å². The Morgan fingerprint density at radius 2 is 2.16 bits per heavy atom. The molecule has 19 heavy (non-hydrogen) atoms. The number of benzene rings is 1. The highest BCUT2D eigenvalue weighted by Crippen LogP contribution is 2.15. The number of carbonyl (C=O) groups excluding carboxylic acids is 1. The number of hydrogen-bond acceptors (Lipinski definition) is 2. The Hall–Kier alpha value is -2.17. The van der Waals surface area contributed by atoms with Crippen LogP contribution in [-0.2, 0) is 11.3 Å². The van der Waals surface area contributed by atoms with Crippen LogP contribution in [0.3, 0.4) is 0 Å². The molecule has 0 aliphatic carbocycles. The van der Waals surface area contributed by atoms with E-state index in [1.54, 1.807) is 16.8 Å². The van der Waals surface area contributed by atoms with E-state index in [1.165, 1.54) is 6.07 Å². The first-order chi connectivity index (χ1) is 9.04. The number of rotatable bonds is 4. The van der Waals surface area contributed by atoms with Gasteiger partial charge in [-0.3, -0.25) is 9.48 Å². The average Bonchev–Trinajstić information content (AvgIpc) is 2.77.